The number of aryl methyl sites for hydroxylation is 1. The van der Waals surface area contributed by atoms with Crippen molar-refractivity contribution in [2.45, 2.75) is 26.4 Å². The number of ether oxygens (including phenoxy) is 1. The Labute approximate surface area is 112 Å². The monoisotopic (exact) mass is 263 g/mol. The Morgan fingerprint density at radius 1 is 1.42 bits per heavy atom. The minimum atomic E-state index is -0.367. The Bertz CT molecular complexity index is 539. The quantitative estimate of drug-likeness (QED) is 0.870. The summed E-state index contributed by atoms with van der Waals surface area (Å²) in [5, 5.41) is 7.41. The van der Waals surface area contributed by atoms with Crippen LogP contribution in [0.15, 0.2) is 30.6 Å². The first kappa shape index (κ1) is 13.4. The van der Waals surface area contributed by atoms with E-state index in [1.807, 2.05) is 17.1 Å². The minimum Gasteiger partial charge on any atom is -0.494 e. The smallest absolute Gasteiger partial charge is 0.167 e. The highest BCUT2D eigenvalue weighted by Crippen LogP contribution is 2.20. The molecule has 0 amide bonds. The molecule has 0 fully saturated rings. The van der Waals surface area contributed by atoms with Gasteiger partial charge in [-0.1, -0.05) is 6.92 Å². The van der Waals surface area contributed by atoms with Gasteiger partial charge in [0, 0.05) is 36.6 Å². The van der Waals surface area contributed by atoms with Crippen LogP contribution < -0.4 is 10.1 Å². The molecule has 2 aromatic rings. The summed E-state index contributed by atoms with van der Waals surface area (Å²) in [5.74, 6) is -0.115. The maximum Gasteiger partial charge on any atom is 0.167 e. The minimum absolute atomic E-state index is 0.251. The molecule has 1 N–H and O–H groups in total. The van der Waals surface area contributed by atoms with Crippen LogP contribution in [-0.2, 0) is 13.1 Å². The fraction of sp³-hybridized carbons (Fsp3) is 0.357. The average Bonchev–Trinajstić information content (AvgIpc) is 2.85. The summed E-state index contributed by atoms with van der Waals surface area (Å²) in [4.78, 5) is 0. The van der Waals surface area contributed by atoms with Crippen LogP contribution in [0, 0.1) is 5.82 Å². The van der Waals surface area contributed by atoms with Crippen molar-refractivity contribution < 1.29 is 9.13 Å². The molecule has 0 aliphatic carbocycles. The summed E-state index contributed by atoms with van der Waals surface area (Å²) in [6.07, 6.45) is 4.87. The van der Waals surface area contributed by atoms with Gasteiger partial charge in [0.25, 0.3) is 0 Å². The summed E-state index contributed by atoms with van der Waals surface area (Å²) in [5.41, 5.74) is 1.80. The highest BCUT2D eigenvalue weighted by Gasteiger charge is 2.04. The zero-order valence-electron chi connectivity index (χ0n) is 11.2. The first-order chi connectivity index (χ1) is 9.22. The molecule has 2 rings (SSSR count). The van der Waals surface area contributed by atoms with E-state index in [4.69, 9.17) is 4.74 Å². The third-order valence-electron chi connectivity index (χ3n) is 2.79. The van der Waals surface area contributed by atoms with E-state index in [1.54, 1.807) is 12.1 Å². The highest BCUT2D eigenvalue weighted by molar-refractivity contribution is 5.47. The van der Waals surface area contributed by atoms with Gasteiger partial charge in [-0.2, -0.15) is 5.10 Å². The molecule has 0 aliphatic heterocycles. The molecule has 0 aliphatic rings. The van der Waals surface area contributed by atoms with Gasteiger partial charge < -0.3 is 10.1 Å². The zero-order valence-corrected chi connectivity index (χ0v) is 11.2. The molecular formula is C14H18FN3O. The molecule has 0 radical (unpaired) electrons. The molecule has 1 heterocycles. The summed E-state index contributed by atoms with van der Waals surface area (Å²) < 4.78 is 20.3. The predicted octanol–water partition coefficient (Wildman–Crippen LogP) is 3.05. The number of nitrogens with one attached hydrogen (secondary N) is 1. The second-order valence-corrected chi connectivity index (χ2v) is 4.31. The summed E-state index contributed by atoms with van der Waals surface area (Å²) >= 11 is 0. The van der Waals surface area contributed by atoms with Crippen LogP contribution in [0.2, 0.25) is 0 Å². The number of aromatic nitrogens is 2. The maximum atomic E-state index is 13.5. The Balaban J connectivity index is 1.95. The van der Waals surface area contributed by atoms with E-state index >= 15 is 0 Å². The van der Waals surface area contributed by atoms with E-state index in [0.717, 1.165) is 24.2 Å². The largest absolute Gasteiger partial charge is 0.494 e. The lowest BCUT2D eigenvalue weighted by Gasteiger charge is -2.07. The lowest BCUT2D eigenvalue weighted by Crippen LogP contribution is -2.00. The fourth-order valence-electron chi connectivity index (χ4n) is 1.83. The van der Waals surface area contributed by atoms with Crippen LogP contribution in [0.3, 0.4) is 0 Å². The van der Waals surface area contributed by atoms with Crippen LogP contribution in [-0.4, -0.2) is 16.9 Å². The molecule has 0 saturated heterocycles. The van der Waals surface area contributed by atoms with Gasteiger partial charge in [-0.3, -0.25) is 4.68 Å². The van der Waals surface area contributed by atoms with Crippen LogP contribution >= 0.6 is 0 Å². The molecule has 0 saturated carbocycles. The van der Waals surface area contributed by atoms with E-state index in [2.05, 4.69) is 17.3 Å². The van der Waals surface area contributed by atoms with Gasteiger partial charge in [0.2, 0.25) is 0 Å². The first-order valence-electron chi connectivity index (χ1n) is 6.31. The van der Waals surface area contributed by atoms with Crippen molar-refractivity contribution in [3.63, 3.8) is 0 Å². The SMILES string of the molecule is CCCn1cc(CNc2ccc(OC)c(F)c2)cn1. The zero-order chi connectivity index (χ0) is 13.7. The molecule has 0 bridgehead atoms. The van der Waals surface area contributed by atoms with E-state index in [9.17, 15) is 4.39 Å². The molecule has 102 valence electrons. The second kappa shape index (κ2) is 6.22. The Morgan fingerprint density at radius 3 is 2.95 bits per heavy atom. The van der Waals surface area contributed by atoms with Crippen molar-refractivity contribution in [1.82, 2.24) is 9.78 Å². The van der Waals surface area contributed by atoms with Crippen molar-refractivity contribution in [1.29, 1.82) is 0 Å². The number of hydrogen-bond donors (Lipinski definition) is 1. The van der Waals surface area contributed by atoms with Gasteiger partial charge in [-0.05, 0) is 18.6 Å². The molecule has 4 nitrogen and oxygen atoms in total. The van der Waals surface area contributed by atoms with Gasteiger partial charge in [0.05, 0.1) is 13.3 Å². The van der Waals surface area contributed by atoms with Crippen molar-refractivity contribution in [3.05, 3.63) is 42.0 Å². The maximum absolute atomic E-state index is 13.5. The van der Waals surface area contributed by atoms with Crippen molar-refractivity contribution in [3.8, 4) is 5.75 Å². The standard InChI is InChI=1S/C14H18FN3O/c1-3-6-18-10-11(9-17-18)8-16-12-4-5-14(19-2)13(15)7-12/h4-5,7,9-10,16H,3,6,8H2,1-2H3. The number of hydrogen-bond acceptors (Lipinski definition) is 3. The van der Waals surface area contributed by atoms with Gasteiger partial charge >= 0.3 is 0 Å². The number of anilines is 1. The normalized spacial score (nSPS) is 10.5. The van der Waals surface area contributed by atoms with Crippen LogP contribution in [0.25, 0.3) is 0 Å². The van der Waals surface area contributed by atoms with Gasteiger partial charge in [0.15, 0.2) is 11.6 Å². The van der Waals surface area contributed by atoms with Crippen LogP contribution in [0.1, 0.15) is 18.9 Å². The first-order valence-corrected chi connectivity index (χ1v) is 6.31. The van der Waals surface area contributed by atoms with Crippen LogP contribution in [0.5, 0.6) is 5.75 Å². The summed E-state index contributed by atoms with van der Waals surface area (Å²) in [6, 6.07) is 4.83. The van der Waals surface area contributed by atoms with E-state index < -0.39 is 0 Å². The van der Waals surface area contributed by atoms with E-state index in [1.165, 1.54) is 13.2 Å². The number of methoxy groups -OCH3 is 1. The lowest BCUT2D eigenvalue weighted by atomic mass is 10.2. The van der Waals surface area contributed by atoms with Gasteiger partial charge in [0.1, 0.15) is 0 Å². The van der Waals surface area contributed by atoms with E-state index in [-0.39, 0.29) is 11.6 Å². The predicted molar refractivity (Wildman–Crippen MR) is 72.8 cm³/mol. The summed E-state index contributed by atoms with van der Waals surface area (Å²) in [6.45, 7) is 3.65. The molecule has 0 unspecified atom stereocenters. The molecule has 0 atom stereocenters. The van der Waals surface area contributed by atoms with Gasteiger partial charge in [-0.15, -0.1) is 0 Å². The fourth-order valence-corrected chi connectivity index (χ4v) is 1.83. The molecule has 1 aromatic heterocycles. The van der Waals surface area contributed by atoms with Crippen molar-refractivity contribution in [2.75, 3.05) is 12.4 Å². The Morgan fingerprint density at radius 2 is 2.26 bits per heavy atom. The lowest BCUT2D eigenvalue weighted by molar-refractivity contribution is 0.386. The number of rotatable bonds is 6. The number of benzene rings is 1. The van der Waals surface area contributed by atoms with Crippen LogP contribution in [0.4, 0.5) is 10.1 Å². The third kappa shape index (κ3) is 3.47. The molecular weight excluding hydrogens is 245 g/mol. The van der Waals surface area contributed by atoms with Crippen molar-refractivity contribution in [2.24, 2.45) is 0 Å². The highest BCUT2D eigenvalue weighted by atomic mass is 19.1. The third-order valence-corrected chi connectivity index (χ3v) is 2.79. The Kier molecular flexibility index (Phi) is 4.39. The number of nitrogens with zero attached hydrogens (tertiary/aromatic N) is 2. The number of halogens is 1. The molecule has 1 aromatic carbocycles. The molecule has 19 heavy (non-hydrogen) atoms. The topological polar surface area (TPSA) is 39.1 Å². The second-order valence-electron chi connectivity index (χ2n) is 4.31. The Hall–Kier alpha value is -2.04. The molecule has 5 heteroatoms. The van der Waals surface area contributed by atoms with E-state index in [0.29, 0.717) is 6.54 Å². The average molecular weight is 263 g/mol. The molecule has 0 spiro atoms. The van der Waals surface area contributed by atoms with Crippen molar-refractivity contribution >= 4 is 5.69 Å². The van der Waals surface area contributed by atoms with Gasteiger partial charge in [-0.25, -0.2) is 4.39 Å². The summed E-state index contributed by atoms with van der Waals surface area (Å²) in [7, 11) is 1.45.